The molecule has 9 heteroatoms. The first-order valence-electron chi connectivity index (χ1n) is 5.88. The predicted molar refractivity (Wildman–Crippen MR) is 76.8 cm³/mol. The zero-order valence-corrected chi connectivity index (χ0v) is 10.9. The SMILES string of the molecule is O=[N+]([O-])c1cc(C=Nc2ccccc2O)c(O)c([N+](=O)[O-])c1. The van der Waals surface area contributed by atoms with E-state index in [2.05, 4.69) is 4.99 Å². The van der Waals surface area contributed by atoms with Crippen molar-refractivity contribution in [2.24, 2.45) is 4.99 Å². The molecule has 9 nitrogen and oxygen atoms in total. The molecule has 22 heavy (non-hydrogen) atoms. The largest absolute Gasteiger partial charge is 0.506 e. The Morgan fingerprint density at radius 2 is 1.73 bits per heavy atom. The maximum atomic E-state index is 10.8. The lowest BCUT2D eigenvalue weighted by atomic mass is 10.1. The summed E-state index contributed by atoms with van der Waals surface area (Å²) in [5.41, 5.74) is -1.41. The van der Waals surface area contributed by atoms with E-state index in [1.165, 1.54) is 12.1 Å². The second-order valence-corrected chi connectivity index (χ2v) is 4.16. The van der Waals surface area contributed by atoms with Gasteiger partial charge in [-0.2, -0.15) is 0 Å². The number of benzene rings is 2. The number of aliphatic imine (C=N–C) groups is 1. The van der Waals surface area contributed by atoms with Crippen molar-refractivity contribution in [1.82, 2.24) is 0 Å². The topological polar surface area (TPSA) is 139 Å². The molecule has 2 rings (SSSR count). The highest BCUT2D eigenvalue weighted by Crippen LogP contribution is 2.34. The minimum atomic E-state index is -0.931. The van der Waals surface area contributed by atoms with E-state index in [0.29, 0.717) is 6.07 Å². The maximum absolute atomic E-state index is 10.8. The van der Waals surface area contributed by atoms with Gasteiger partial charge in [0.2, 0.25) is 5.75 Å². The van der Waals surface area contributed by atoms with Crippen molar-refractivity contribution in [3.63, 3.8) is 0 Å². The molecule has 0 aromatic heterocycles. The van der Waals surface area contributed by atoms with Crippen molar-refractivity contribution >= 4 is 23.3 Å². The quantitative estimate of drug-likeness (QED) is 0.505. The normalized spacial score (nSPS) is 10.7. The Kier molecular flexibility index (Phi) is 3.98. The van der Waals surface area contributed by atoms with Crippen molar-refractivity contribution < 1.29 is 20.1 Å². The lowest BCUT2D eigenvalue weighted by molar-refractivity contribution is -0.394. The molecule has 0 amide bonds. The Labute approximate surface area is 123 Å². The summed E-state index contributed by atoms with van der Waals surface area (Å²) in [5.74, 6) is -0.882. The molecule has 0 spiro atoms. The number of nitro benzene ring substituents is 2. The van der Waals surface area contributed by atoms with E-state index >= 15 is 0 Å². The number of phenols is 2. The second-order valence-electron chi connectivity index (χ2n) is 4.16. The zero-order valence-electron chi connectivity index (χ0n) is 10.9. The molecule has 2 aromatic rings. The molecule has 2 N–H and O–H groups in total. The van der Waals surface area contributed by atoms with Crippen LogP contribution in [0.15, 0.2) is 41.4 Å². The number of hydrogen-bond acceptors (Lipinski definition) is 7. The molecule has 0 saturated carbocycles. The Morgan fingerprint density at radius 1 is 1.05 bits per heavy atom. The molecular weight excluding hydrogens is 294 g/mol. The molecule has 0 heterocycles. The number of non-ortho nitro benzene ring substituents is 1. The summed E-state index contributed by atoms with van der Waals surface area (Å²) in [4.78, 5) is 23.7. The second kappa shape index (κ2) is 5.87. The van der Waals surface area contributed by atoms with Gasteiger partial charge in [-0.3, -0.25) is 25.2 Å². The molecule has 0 bridgehead atoms. The summed E-state index contributed by atoms with van der Waals surface area (Å²) >= 11 is 0. The van der Waals surface area contributed by atoms with Gasteiger partial charge in [0.05, 0.1) is 15.9 Å². The molecular formula is C13H9N3O6. The van der Waals surface area contributed by atoms with Crippen molar-refractivity contribution in [3.8, 4) is 11.5 Å². The number of nitro groups is 2. The van der Waals surface area contributed by atoms with Gasteiger partial charge in [0.25, 0.3) is 5.69 Å². The van der Waals surface area contributed by atoms with Crippen LogP contribution in [-0.4, -0.2) is 26.3 Å². The summed E-state index contributed by atoms with van der Waals surface area (Å²) in [7, 11) is 0. The van der Waals surface area contributed by atoms with Crippen LogP contribution in [0.4, 0.5) is 17.1 Å². The summed E-state index contributed by atoms with van der Waals surface area (Å²) in [6, 6.07) is 7.63. The van der Waals surface area contributed by atoms with Gasteiger partial charge in [0.15, 0.2) is 0 Å². The van der Waals surface area contributed by atoms with Crippen LogP contribution >= 0.6 is 0 Å². The fourth-order valence-corrected chi connectivity index (χ4v) is 1.68. The van der Waals surface area contributed by atoms with E-state index in [4.69, 9.17) is 0 Å². The number of phenolic OH excluding ortho intramolecular Hbond substituents is 2. The summed E-state index contributed by atoms with van der Waals surface area (Å²) in [5, 5.41) is 40.9. The third-order valence-corrected chi connectivity index (χ3v) is 2.74. The van der Waals surface area contributed by atoms with E-state index in [-0.39, 0.29) is 17.0 Å². The molecule has 0 aliphatic rings. The highest BCUT2D eigenvalue weighted by molar-refractivity contribution is 5.89. The number of rotatable bonds is 4. The molecule has 0 atom stereocenters. The van der Waals surface area contributed by atoms with E-state index in [1.54, 1.807) is 12.1 Å². The van der Waals surface area contributed by atoms with Crippen molar-refractivity contribution in [1.29, 1.82) is 0 Å². The monoisotopic (exact) mass is 303 g/mol. The van der Waals surface area contributed by atoms with E-state index < -0.39 is 27.0 Å². The van der Waals surface area contributed by atoms with E-state index in [0.717, 1.165) is 12.3 Å². The average Bonchev–Trinajstić information content (AvgIpc) is 2.47. The standard InChI is InChI=1S/C13H9N3O6/c17-12-4-2-1-3-10(12)14-7-8-5-9(15(19)20)6-11(13(8)18)16(21)22/h1-7,17-18H. The third-order valence-electron chi connectivity index (χ3n) is 2.74. The van der Waals surface area contributed by atoms with Crippen molar-refractivity contribution in [2.75, 3.05) is 0 Å². The number of para-hydroxylation sites is 2. The maximum Gasteiger partial charge on any atom is 0.318 e. The van der Waals surface area contributed by atoms with Crippen LogP contribution < -0.4 is 0 Å². The van der Waals surface area contributed by atoms with Crippen molar-refractivity contribution in [3.05, 3.63) is 62.2 Å². The fraction of sp³-hybridized carbons (Fsp3) is 0. The van der Waals surface area contributed by atoms with Gasteiger partial charge in [0.1, 0.15) is 11.4 Å². The number of aromatic hydroxyl groups is 2. The van der Waals surface area contributed by atoms with Crippen LogP contribution in [-0.2, 0) is 0 Å². The smallest absolute Gasteiger partial charge is 0.318 e. The number of nitrogens with zero attached hydrogens (tertiary/aromatic N) is 3. The first-order chi connectivity index (χ1) is 10.4. The molecule has 0 fully saturated rings. The van der Waals surface area contributed by atoms with Crippen LogP contribution in [0.5, 0.6) is 11.5 Å². The van der Waals surface area contributed by atoms with Crippen LogP contribution in [0.1, 0.15) is 5.56 Å². The molecule has 0 saturated heterocycles. The van der Waals surface area contributed by atoms with Gasteiger partial charge >= 0.3 is 5.69 Å². The average molecular weight is 303 g/mol. The Bertz CT molecular complexity index is 787. The highest BCUT2D eigenvalue weighted by Gasteiger charge is 2.23. The molecule has 0 aliphatic heterocycles. The third kappa shape index (κ3) is 2.98. The summed E-state index contributed by atoms with van der Waals surface area (Å²) in [6.45, 7) is 0. The van der Waals surface area contributed by atoms with Crippen molar-refractivity contribution in [2.45, 2.75) is 0 Å². The molecule has 2 aromatic carbocycles. The molecule has 0 radical (unpaired) electrons. The Hall–Kier alpha value is -3.49. The van der Waals surface area contributed by atoms with Gasteiger partial charge in [-0.05, 0) is 12.1 Å². The first kappa shape index (κ1) is 14.9. The summed E-state index contributed by atoms with van der Waals surface area (Å²) < 4.78 is 0. The van der Waals surface area contributed by atoms with Crippen LogP contribution in [0.3, 0.4) is 0 Å². The van der Waals surface area contributed by atoms with E-state index in [9.17, 15) is 30.4 Å². The van der Waals surface area contributed by atoms with Crippen LogP contribution in [0.2, 0.25) is 0 Å². The molecule has 0 unspecified atom stereocenters. The number of hydrogen-bond donors (Lipinski definition) is 2. The Balaban J connectivity index is 2.53. The predicted octanol–water partition coefficient (Wildman–Crippen LogP) is 2.66. The first-order valence-corrected chi connectivity index (χ1v) is 5.88. The summed E-state index contributed by atoms with van der Waals surface area (Å²) in [6.07, 6.45) is 1.00. The minimum Gasteiger partial charge on any atom is -0.506 e. The van der Waals surface area contributed by atoms with Crippen LogP contribution in [0, 0.1) is 20.2 Å². The minimum absolute atomic E-state index is 0.141. The fourth-order valence-electron chi connectivity index (χ4n) is 1.68. The van der Waals surface area contributed by atoms with Gasteiger partial charge in [-0.15, -0.1) is 0 Å². The van der Waals surface area contributed by atoms with Gasteiger partial charge in [0, 0.05) is 17.8 Å². The van der Waals surface area contributed by atoms with Crippen LogP contribution in [0.25, 0.3) is 0 Å². The lowest BCUT2D eigenvalue weighted by Gasteiger charge is -2.01. The lowest BCUT2D eigenvalue weighted by Crippen LogP contribution is -1.96. The van der Waals surface area contributed by atoms with E-state index in [1.807, 2.05) is 0 Å². The zero-order chi connectivity index (χ0) is 16.3. The molecule has 0 aliphatic carbocycles. The Morgan fingerprint density at radius 3 is 2.32 bits per heavy atom. The van der Waals surface area contributed by atoms with Gasteiger partial charge < -0.3 is 10.2 Å². The van der Waals surface area contributed by atoms with Gasteiger partial charge in [-0.25, -0.2) is 0 Å². The van der Waals surface area contributed by atoms with Gasteiger partial charge in [-0.1, -0.05) is 12.1 Å². The molecule has 112 valence electrons. The highest BCUT2D eigenvalue weighted by atomic mass is 16.6.